The van der Waals surface area contributed by atoms with Gasteiger partial charge in [-0.05, 0) is 37.0 Å². The third-order valence-electron chi connectivity index (χ3n) is 4.41. The lowest BCUT2D eigenvalue weighted by molar-refractivity contribution is 0.446. The molecular weight excluding hydrogens is 254 g/mol. The topological polar surface area (TPSA) is 22.3 Å². The summed E-state index contributed by atoms with van der Waals surface area (Å²) in [4.78, 5) is 6.08. The first-order valence-corrected chi connectivity index (χ1v) is 7.53. The molecule has 19 heavy (non-hydrogen) atoms. The molecule has 3 heterocycles. The Hall–Kier alpha value is -1.13. The van der Waals surface area contributed by atoms with Gasteiger partial charge in [0.05, 0.1) is 0 Å². The van der Waals surface area contributed by atoms with Gasteiger partial charge in [-0.1, -0.05) is 18.9 Å². The van der Waals surface area contributed by atoms with E-state index < -0.39 is 0 Å². The molecule has 0 saturated carbocycles. The zero-order valence-corrected chi connectivity index (χ0v) is 11.9. The first-order valence-electron chi connectivity index (χ1n) is 7.13. The predicted molar refractivity (Wildman–Crippen MR) is 82.8 cm³/mol. The van der Waals surface area contributed by atoms with E-state index >= 15 is 0 Å². The number of benzene rings is 1. The number of nitrogens with zero attached hydrogens (tertiary/aromatic N) is 2. The smallest absolute Gasteiger partial charge is 0.0492 e. The van der Waals surface area contributed by atoms with E-state index in [-0.39, 0.29) is 0 Å². The van der Waals surface area contributed by atoms with Crippen LogP contribution in [-0.4, -0.2) is 28.9 Å². The highest BCUT2D eigenvalue weighted by Gasteiger charge is 2.20. The van der Waals surface area contributed by atoms with Gasteiger partial charge < -0.3 is 9.88 Å². The fraction of sp³-hybridized carbons (Fsp3) is 0.467. The Balaban J connectivity index is 1.77. The van der Waals surface area contributed by atoms with Crippen LogP contribution in [0.4, 0.5) is 5.69 Å². The number of thiol groups is 1. The summed E-state index contributed by atoms with van der Waals surface area (Å²) in [5.74, 6) is 0. The van der Waals surface area contributed by atoms with E-state index in [4.69, 9.17) is 0 Å². The van der Waals surface area contributed by atoms with Crippen molar-refractivity contribution in [3.05, 3.63) is 29.5 Å². The second-order valence-electron chi connectivity index (χ2n) is 5.64. The molecule has 1 N–H and O–H groups in total. The SMILES string of the molecule is SN1CCc2c([nH]c3cc(N4CCCC4)ccc23)C1. The number of aromatic nitrogens is 1. The number of anilines is 1. The zero-order valence-electron chi connectivity index (χ0n) is 11.0. The number of aromatic amines is 1. The second kappa shape index (κ2) is 4.46. The molecule has 1 fully saturated rings. The summed E-state index contributed by atoms with van der Waals surface area (Å²) >= 11 is 4.46. The molecule has 0 bridgehead atoms. The summed E-state index contributed by atoms with van der Waals surface area (Å²) in [5, 5.41) is 1.40. The predicted octanol–water partition coefficient (Wildman–Crippen LogP) is 2.97. The van der Waals surface area contributed by atoms with Crippen molar-refractivity contribution in [2.45, 2.75) is 25.8 Å². The monoisotopic (exact) mass is 273 g/mol. The molecule has 4 rings (SSSR count). The Morgan fingerprint density at radius 2 is 1.95 bits per heavy atom. The van der Waals surface area contributed by atoms with Crippen LogP contribution in [0.3, 0.4) is 0 Å². The number of nitrogens with one attached hydrogen (secondary N) is 1. The molecule has 1 aromatic carbocycles. The van der Waals surface area contributed by atoms with Crippen molar-refractivity contribution in [3.8, 4) is 0 Å². The first-order chi connectivity index (χ1) is 9.31. The normalized spacial score (nSPS) is 20.2. The summed E-state index contributed by atoms with van der Waals surface area (Å²) < 4.78 is 2.08. The van der Waals surface area contributed by atoms with Crippen LogP contribution in [0.1, 0.15) is 24.1 Å². The molecule has 1 aromatic heterocycles. The van der Waals surface area contributed by atoms with Gasteiger partial charge in [-0.15, -0.1) is 0 Å². The Kier molecular flexibility index (Phi) is 2.74. The summed E-state index contributed by atoms with van der Waals surface area (Å²) in [7, 11) is 0. The highest BCUT2D eigenvalue weighted by Crippen LogP contribution is 2.31. The molecule has 0 aliphatic carbocycles. The van der Waals surface area contributed by atoms with Gasteiger partial charge in [0.25, 0.3) is 0 Å². The van der Waals surface area contributed by atoms with Crippen LogP contribution in [0.15, 0.2) is 18.2 Å². The van der Waals surface area contributed by atoms with E-state index in [9.17, 15) is 0 Å². The van der Waals surface area contributed by atoms with Gasteiger partial charge in [0.1, 0.15) is 0 Å². The van der Waals surface area contributed by atoms with Crippen molar-refractivity contribution in [1.29, 1.82) is 0 Å². The lowest BCUT2D eigenvalue weighted by Crippen LogP contribution is -2.21. The zero-order chi connectivity index (χ0) is 12.8. The molecule has 0 atom stereocenters. The number of rotatable bonds is 1. The average Bonchev–Trinajstić information content (AvgIpc) is 3.04. The average molecular weight is 273 g/mol. The van der Waals surface area contributed by atoms with Crippen molar-refractivity contribution in [2.75, 3.05) is 24.5 Å². The third kappa shape index (κ3) is 1.94. The molecule has 0 amide bonds. The van der Waals surface area contributed by atoms with Crippen LogP contribution in [0.5, 0.6) is 0 Å². The van der Waals surface area contributed by atoms with E-state index in [1.54, 1.807) is 0 Å². The Morgan fingerprint density at radius 3 is 2.79 bits per heavy atom. The van der Waals surface area contributed by atoms with Gasteiger partial charge in [-0.25, -0.2) is 4.31 Å². The summed E-state index contributed by atoms with van der Waals surface area (Å²) in [5.41, 5.74) is 5.49. The lowest BCUT2D eigenvalue weighted by atomic mass is 10.0. The van der Waals surface area contributed by atoms with Gasteiger partial charge in [0.2, 0.25) is 0 Å². The van der Waals surface area contributed by atoms with E-state index in [1.807, 2.05) is 0 Å². The maximum absolute atomic E-state index is 4.46. The summed E-state index contributed by atoms with van der Waals surface area (Å²) in [6, 6.07) is 6.91. The molecule has 4 heteroatoms. The van der Waals surface area contributed by atoms with Gasteiger partial charge in [0.15, 0.2) is 0 Å². The minimum atomic E-state index is 0.923. The molecule has 0 unspecified atom stereocenters. The number of hydrogen-bond donors (Lipinski definition) is 2. The molecule has 0 radical (unpaired) electrons. The van der Waals surface area contributed by atoms with Crippen LogP contribution < -0.4 is 4.90 Å². The Morgan fingerprint density at radius 1 is 1.11 bits per heavy atom. The van der Waals surface area contributed by atoms with Crippen LogP contribution in [0, 0.1) is 0 Å². The first kappa shape index (κ1) is 11.7. The number of fused-ring (bicyclic) bond motifs is 3. The molecule has 2 aliphatic rings. The number of H-pyrrole nitrogens is 1. The molecule has 3 nitrogen and oxygen atoms in total. The van der Waals surface area contributed by atoms with E-state index in [0.717, 1.165) is 19.5 Å². The number of hydrogen-bond acceptors (Lipinski definition) is 3. The van der Waals surface area contributed by atoms with Gasteiger partial charge >= 0.3 is 0 Å². The summed E-state index contributed by atoms with van der Waals surface area (Å²) in [6.07, 6.45) is 3.75. The quantitative estimate of drug-likeness (QED) is 0.780. The fourth-order valence-electron chi connectivity index (χ4n) is 3.39. The maximum atomic E-state index is 4.46. The minimum absolute atomic E-state index is 0.923. The van der Waals surface area contributed by atoms with Crippen LogP contribution in [0.2, 0.25) is 0 Å². The molecule has 0 spiro atoms. The van der Waals surface area contributed by atoms with Crippen molar-refractivity contribution in [3.63, 3.8) is 0 Å². The highest BCUT2D eigenvalue weighted by atomic mass is 32.1. The lowest BCUT2D eigenvalue weighted by Gasteiger charge is -2.20. The third-order valence-corrected chi connectivity index (χ3v) is 4.75. The standard InChI is InChI=1S/C15H19N3S/c19-18-8-5-13-12-4-3-11(17-6-1-2-7-17)9-14(12)16-15(13)10-18/h3-4,9,16,19H,1-2,5-8,10H2. The van der Waals surface area contributed by atoms with Gasteiger partial charge in [-0.2, -0.15) is 0 Å². The highest BCUT2D eigenvalue weighted by molar-refractivity contribution is 7.77. The van der Waals surface area contributed by atoms with Crippen molar-refractivity contribution in [1.82, 2.24) is 9.29 Å². The molecule has 100 valence electrons. The van der Waals surface area contributed by atoms with E-state index in [0.29, 0.717) is 0 Å². The minimum Gasteiger partial charge on any atom is -0.371 e. The molecule has 2 aliphatic heterocycles. The van der Waals surface area contributed by atoms with Crippen LogP contribution in [-0.2, 0) is 13.0 Å². The van der Waals surface area contributed by atoms with E-state index in [2.05, 4.69) is 45.2 Å². The van der Waals surface area contributed by atoms with Gasteiger partial charge in [-0.3, -0.25) is 0 Å². The Bertz CT molecular complexity index is 613. The molecule has 1 saturated heterocycles. The van der Waals surface area contributed by atoms with Crippen molar-refractivity contribution in [2.24, 2.45) is 0 Å². The summed E-state index contributed by atoms with van der Waals surface area (Å²) in [6.45, 7) is 4.37. The second-order valence-corrected chi connectivity index (χ2v) is 6.21. The maximum Gasteiger partial charge on any atom is 0.0492 e. The van der Waals surface area contributed by atoms with Gasteiger partial charge in [0, 0.05) is 48.5 Å². The molecule has 2 aromatic rings. The van der Waals surface area contributed by atoms with E-state index in [1.165, 1.54) is 53.8 Å². The fourth-order valence-corrected chi connectivity index (χ4v) is 3.64. The van der Waals surface area contributed by atoms with Crippen LogP contribution >= 0.6 is 12.8 Å². The van der Waals surface area contributed by atoms with Crippen molar-refractivity contribution >= 4 is 29.4 Å². The Labute approximate surface area is 119 Å². The van der Waals surface area contributed by atoms with Crippen LogP contribution in [0.25, 0.3) is 10.9 Å². The van der Waals surface area contributed by atoms with Crippen molar-refractivity contribution < 1.29 is 0 Å². The largest absolute Gasteiger partial charge is 0.371 e. The molecular formula is C15H19N3S.